The highest BCUT2D eigenvalue weighted by atomic mass is 14.4. The van der Waals surface area contributed by atoms with Gasteiger partial charge in [0.15, 0.2) is 0 Å². The summed E-state index contributed by atoms with van der Waals surface area (Å²) in [7, 11) is 0. The summed E-state index contributed by atoms with van der Waals surface area (Å²) in [4.78, 5) is 0. The van der Waals surface area contributed by atoms with E-state index in [1.807, 2.05) is 0 Å². The van der Waals surface area contributed by atoms with Crippen LogP contribution in [0.2, 0.25) is 0 Å². The summed E-state index contributed by atoms with van der Waals surface area (Å²) >= 11 is 0. The van der Waals surface area contributed by atoms with Crippen molar-refractivity contribution in [2.45, 2.75) is 40.0 Å². The Balaban J connectivity index is 2.32. The summed E-state index contributed by atoms with van der Waals surface area (Å²) in [5.74, 6) is 0.792. The SMILES string of the molecule is CCC1(C(C)C)Cc2ccccc2C1. The number of fused-ring (bicyclic) bond motifs is 1. The molecule has 0 amide bonds. The van der Waals surface area contributed by atoms with Crippen LogP contribution >= 0.6 is 0 Å². The summed E-state index contributed by atoms with van der Waals surface area (Å²) < 4.78 is 0. The average Bonchev–Trinajstić information content (AvgIpc) is 2.57. The summed E-state index contributed by atoms with van der Waals surface area (Å²) in [6.07, 6.45) is 3.88. The molecule has 1 aliphatic rings. The van der Waals surface area contributed by atoms with Crippen LogP contribution in [0.1, 0.15) is 38.3 Å². The van der Waals surface area contributed by atoms with Crippen LogP contribution in [0, 0.1) is 11.3 Å². The topological polar surface area (TPSA) is 0 Å². The highest BCUT2D eigenvalue weighted by molar-refractivity contribution is 5.34. The highest BCUT2D eigenvalue weighted by Crippen LogP contribution is 2.44. The Morgan fingerprint density at radius 2 is 1.64 bits per heavy atom. The predicted octanol–water partition coefficient (Wildman–Crippen LogP) is 3.84. The zero-order valence-electron chi connectivity index (χ0n) is 9.51. The molecule has 0 spiro atoms. The maximum Gasteiger partial charge on any atom is -0.0196 e. The van der Waals surface area contributed by atoms with Crippen molar-refractivity contribution in [2.75, 3.05) is 0 Å². The van der Waals surface area contributed by atoms with Gasteiger partial charge in [-0.3, -0.25) is 0 Å². The van der Waals surface area contributed by atoms with Gasteiger partial charge in [0.1, 0.15) is 0 Å². The first-order chi connectivity index (χ1) is 6.68. The third-order valence-corrected chi connectivity index (χ3v) is 4.13. The molecule has 0 aromatic heterocycles. The third kappa shape index (κ3) is 1.37. The molecular formula is C14H20. The minimum Gasteiger partial charge on any atom is -0.0648 e. The fraction of sp³-hybridized carbons (Fsp3) is 0.571. The van der Waals surface area contributed by atoms with Crippen LogP contribution in [-0.4, -0.2) is 0 Å². The van der Waals surface area contributed by atoms with Crippen molar-refractivity contribution >= 4 is 0 Å². The Bertz CT molecular complexity index is 298. The zero-order chi connectivity index (χ0) is 10.2. The van der Waals surface area contributed by atoms with Gasteiger partial charge in [0.25, 0.3) is 0 Å². The lowest BCUT2D eigenvalue weighted by atomic mass is 9.73. The van der Waals surface area contributed by atoms with E-state index in [4.69, 9.17) is 0 Å². The highest BCUT2D eigenvalue weighted by Gasteiger charge is 2.37. The van der Waals surface area contributed by atoms with Gasteiger partial charge in [-0.25, -0.2) is 0 Å². The summed E-state index contributed by atoms with van der Waals surface area (Å²) in [6, 6.07) is 8.94. The standard InChI is InChI=1S/C14H20/c1-4-14(11(2)3)9-12-7-5-6-8-13(12)10-14/h5-8,11H,4,9-10H2,1-3H3. The Labute approximate surface area is 87.3 Å². The molecule has 0 N–H and O–H groups in total. The van der Waals surface area contributed by atoms with Crippen molar-refractivity contribution in [3.63, 3.8) is 0 Å². The second-order valence-electron chi connectivity index (χ2n) is 4.99. The molecule has 0 heterocycles. The maximum atomic E-state index is 2.37. The first kappa shape index (κ1) is 9.76. The molecule has 1 aromatic carbocycles. The molecule has 0 nitrogen and oxygen atoms in total. The zero-order valence-corrected chi connectivity index (χ0v) is 9.51. The molecule has 0 bridgehead atoms. The molecule has 0 saturated carbocycles. The normalized spacial score (nSPS) is 18.6. The molecular weight excluding hydrogens is 168 g/mol. The van der Waals surface area contributed by atoms with Crippen LogP contribution in [-0.2, 0) is 12.8 Å². The van der Waals surface area contributed by atoms with E-state index in [1.54, 1.807) is 11.1 Å². The van der Waals surface area contributed by atoms with Gasteiger partial charge in [0.05, 0.1) is 0 Å². The van der Waals surface area contributed by atoms with Crippen molar-refractivity contribution in [3.05, 3.63) is 35.4 Å². The smallest absolute Gasteiger partial charge is 0.0196 e. The second-order valence-corrected chi connectivity index (χ2v) is 4.99. The Hall–Kier alpha value is -0.780. The van der Waals surface area contributed by atoms with Crippen molar-refractivity contribution < 1.29 is 0 Å². The largest absolute Gasteiger partial charge is 0.0648 e. The summed E-state index contributed by atoms with van der Waals surface area (Å²) in [6.45, 7) is 7.08. The quantitative estimate of drug-likeness (QED) is 0.661. The van der Waals surface area contributed by atoms with Crippen LogP contribution in [0.4, 0.5) is 0 Å². The molecule has 0 saturated heterocycles. The van der Waals surface area contributed by atoms with Crippen LogP contribution in [0.15, 0.2) is 24.3 Å². The van der Waals surface area contributed by atoms with Crippen LogP contribution < -0.4 is 0 Å². The lowest BCUT2D eigenvalue weighted by molar-refractivity contribution is 0.194. The van der Waals surface area contributed by atoms with Crippen molar-refractivity contribution in [1.82, 2.24) is 0 Å². The second kappa shape index (κ2) is 3.42. The number of hydrogen-bond acceptors (Lipinski definition) is 0. The van der Waals surface area contributed by atoms with Gasteiger partial charge in [0, 0.05) is 0 Å². The fourth-order valence-electron chi connectivity index (χ4n) is 2.79. The van der Waals surface area contributed by atoms with Crippen LogP contribution in [0.5, 0.6) is 0 Å². The Morgan fingerprint density at radius 1 is 1.14 bits per heavy atom. The van der Waals surface area contributed by atoms with E-state index in [1.165, 1.54) is 19.3 Å². The predicted molar refractivity (Wildman–Crippen MR) is 61.4 cm³/mol. The van der Waals surface area contributed by atoms with Crippen molar-refractivity contribution in [2.24, 2.45) is 11.3 Å². The van der Waals surface area contributed by atoms with Gasteiger partial charge in [-0.1, -0.05) is 45.0 Å². The van der Waals surface area contributed by atoms with E-state index in [2.05, 4.69) is 45.0 Å². The first-order valence-corrected chi connectivity index (χ1v) is 5.75. The van der Waals surface area contributed by atoms with Crippen molar-refractivity contribution in [1.29, 1.82) is 0 Å². The van der Waals surface area contributed by atoms with E-state index in [9.17, 15) is 0 Å². The molecule has 1 aromatic rings. The molecule has 14 heavy (non-hydrogen) atoms. The fourth-order valence-corrected chi connectivity index (χ4v) is 2.79. The van der Waals surface area contributed by atoms with Gasteiger partial charge in [-0.2, -0.15) is 0 Å². The van der Waals surface area contributed by atoms with Gasteiger partial charge < -0.3 is 0 Å². The van der Waals surface area contributed by atoms with Gasteiger partial charge in [0.2, 0.25) is 0 Å². The molecule has 0 heteroatoms. The number of benzene rings is 1. The number of hydrogen-bond donors (Lipinski definition) is 0. The van der Waals surface area contributed by atoms with Crippen molar-refractivity contribution in [3.8, 4) is 0 Å². The molecule has 0 aliphatic heterocycles. The third-order valence-electron chi connectivity index (χ3n) is 4.13. The Kier molecular flexibility index (Phi) is 2.38. The molecule has 0 unspecified atom stereocenters. The van der Waals surface area contributed by atoms with E-state index in [0.29, 0.717) is 5.41 Å². The van der Waals surface area contributed by atoms with E-state index in [-0.39, 0.29) is 0 Å². The summed E-state index contributed by atoms with van der Waals surface area (Å²) in [5.41, 5.74) is 3.72. The van der Waals surface area contributed by atoms with Gasteiger partial charge in [-0.05, 0) is 41.7 Å². The molecule has 0 atom stereocenters. The summed E-state index contributed by atoms with van der Waals surface area (Å²) in [5, 5.41) is 0. The molecule has 2 rings (SSSR count). The maximum absolute atomic E-state index is 2.37. The lowest BCUT2D eigenvalue weighted by Gasteiger charge is -2.32. The van der Waals surface area contributed by atoms with Gasteiger partial charge >= 0.3 is 0 Å². The first-order valence-electron chi connectivity index (χ1n) is 5.75. The lowest BCUT2D eigenvalue weighted by Crippen LogP contribution is -2.26. The average molecular weight is 188 g/mol. The van der Waals surface area contributed by atoms with Crippen LogP contribution in [0.3, 0.4) is 0 Å². The molecule has 1 aliphatic carbocycles. The molecule has 0 radical (unpaired) electrons. The van der Waals surface area contributed by atoms with E-state index in [0.717, 1.165) is 5.92 Å². The van der Waals surface area contributed by atoms with E-state index < -0.39 is 0 Å². The minimum absolute atomic E-state index is 0.545. The molecule has 76 valence electrons. The Morgan fingerprint density at radius 3 is 2.00 bits per heavy atom. The molecule has 0 fully saturated rings. The van der Waals surface area contributed by atoms with Crippen LogP contribution in [0.25, 0.3) is 0 Å². The monoisotopic (exact) mass is 188 g/mol. The minimum atomic E-state index is 0.545. The van der Waals surface area contributed by atoms with E-state index >= 15 is 0 Å². The number of rotatable bonds is 2. The van der Waals surface area contributed by atoms with Gasteiger partial charge in [-0.15, -0.1) is 0 Å².